The maximum absolute atomic E-state index is 12.5. The summed E-state index contributed by atoms with van der Waals surface area (Å²) in [6.45, 7) is -4.44. The molecule has 21 heavy (non-hydrogen) atoms. The number of hydrogen-bond donors (Lipinski definition) is 0. The van der Waals surface area contributed by atoms with Gasteiger partial charge in [0.2, 0.25) is 0 Å². The predicted molar refractivity (Wildman–Crippen MR) is 42.6 cm³/mol. The van der Waals surface area contributed by atoms with Crippen molar-refractivity contribution in [2.45, 2.75) is 36.5 Å². The normalized spacial score (nSPS) is 17.7. The summed E-state index contributed by atoms with van der Waals surface area (Å²) in [4.78, 5) is 0. The molecule has 13 heteroatoms. The summed E-state index contributed by atoms with van der Waals surface area (Å²) in [7, 11) is 0. The summed E-state index contributed by atoms with van der Waals surface area (Å²) < 4.78 is 147. The second-order valence-electron chi connectivity index (χ2n) is 3.71. The Hall–Kier alpha value is -0.880. The van der Waals surface area contributed by atoms with Crippen LogP contribution in [0.1, 0.15) is 0 Å². The van der Waals surface area contributed by atoms with E-state index in [1.165, 1.54) is 0 Å². The Labute approximate surface area is 108 Å². The highest BCUT2D eigenvalue weighted by atomic mass is 19.4. The van der Waals surface area contributed by atoms with Crippen LogP contribution in [0, 0.1) is 0 Å². The fourth-order valence-corrected chi connectivity index (χ4v) is 0.839. The van der Waals surface area contributed by atoms with E-state index in [2.05, 4.69) is 4.74 Å². The van der Waals surface area contributed by atoms with Crippen molar-refractivity contribution in [1.29, 1.82) is 0 Å². The smallest absolute Gasteiger partial charge is 0.375 e. The Kier molecular flexibility index (Phi) is 5.83. The third kappa shape index (κ3) is 4.54. The van der Waals surface area contributed by atoms with Gasteiger partial charge in [0.05, 0.1) is 13.2 Å². The van der Waals surface area contributed by atoms with Crippen LogP contribution < -0.4 is 0 Å². The van der Waals surface area contributed by atoms with E-state index in [1.807, 2.05) is 0 Å². The van der Waals surface area contributed by atoms with Crippen molar-refractivity contribution < 1.29 is 57.4 Å². The monoisotopic (exact) mass is 346 g/mol. The Bertz CT molecular complexity index is 299. The molecule has 2 atom stereocenters. The van der Waals surface area contributed by atoms with E-state index >= 15 is 0 Å². The number of halogens is 12. The standard InChI is InChI=1S/C8H6F12O/c9-3(5(11,12)7(15,16)17)1-21-2-4(10)6(13,14)8(18,19)20/h3-4H,1-2H2. The maximum atomic E-state index is 12.5. The van der Waals surface area contributed by atoms with Gasteiger partial charge in [0.1, 0.15) is 0 Å². The van der Waals surface area contributed by atoms with Gasteiger partial charge in [0.15, 0.2) is 12.3 Å². The van der Waals surface area contributed by atoms with Gasteiger partial charge in [-0.3, -0.25) is 0 Å². The third-order valence-electron chi connectivity index (χ3n) is 2.07. The van der Waals surface area contributed by atoms with Gasteiger partial charge in [0.25, 0.3) is 0 Å². The summed E-state index contributed by atoms with van der Waals surface area (Å²) in [6.07, 6.45) is -20.9. The SMILES string of the molecule is FC(COCC(F)C(F)(F)C(F)(F)F)C(F)(F)C(F)(F)F. The van der Waals surface area contributed by atoms with Gasteiger partial charge in [-0.1, -0.05) is 0 Å². The molecule has 2 unspecified atom stereocenters. The van der Waals surface area contributed by atoms with Gasteiger partial charge in [-0.25, -0.2) is 8.78 Å². The Morgan fingerprint density at radius 1 is 0.571 bits per heavy atom. The van der Waals surface area contributed by atoms with E-state index in [4.69, 9.17) is 0 Å². The molecule has 0 N–H and O–H groups in total. The van der Waals surface area contributed by atoms with E-state index in [0.29, 0.717) is 0 Å². The molecule has 0 radical (unpaired) electrons. The number of rotatable bonds is 6. The zero-order valence-corrected chi connectivity index (χ0v) is 9.51. The van der Waals surface area contributed by atoms with Crippen LogP contribution in [0.4, 0.5) is 52.7 Å². The van der Waals surface area contributed by atoms with E-state index in [9.17, 15) is 52.7 Å². The highest BCUT2D eigenvalue weighted by Gasteiger charge is 2.64. The van der Waals surface area contributed by atoms with Gasteiger partial charge in [0, 0.05) is 0 Å². The van der Waals surface area contributed by atoms with Gasteiger partial charge >= 0.3 is 24.2 Å². The lowest BCUT2D eigenvalue weighted by molar-refractivity contribution is -0.314. The second kappa shape index (κ2) is 6.08. The average molecular weight is 346 g/mol. The Morgan fingerprint density at radius 2 is 0.810 bits per heavy atom. The molecule has 0 saturated carbocycles. The Balaban J connectivity index is 4.52. The van der Waals surface area contributed by atoms with Gasteiger partial charge < -0.3 is 4.74 Å². The fourth-order valence-electron chi connectivity index (χ4n) is 0.839. The molecule has 0 aromatic rings. The molecule has 0 spiro atoms. The molecule has 128 valence electrons. The van der Waals surface area contributed by atoms with Crippen molar-refractivity contribution in [1.82, 2.24) is 0 Å². The highest BCUT2D eigenvalue weighted by Crippen LogP contribution is 2.41. The molecule has 0 aliphatic heterocycles. The van der Waals surface area contributed by atoms with Crippen molar-refractivity contribution >= 4 is 0 Å². The summed E-state index contributed by atoms with van der Waals surface area (Å²) in [5.74, 6) is -11.9. The van der Waals surface area contributed by atoms with Crippen molar-refractivity contribution in [3.05, 3.63) is 0 Å². The number of ether oxygens (including phenoxy) is 1. The van der Waals surface area contributed by atoms with Gasteiger partial charge in [-0.05, 0) is 0 Å². The maximum Gasteiger partial charge on any atom is 0.456 e. The molecule has 0 aromatic carbocycles. The third-order valence-corrected chi connectivity index (χ3v) is 2.07. The summed E-state index contributed by atoms with van der Waals surface area (Å²) >= 11 is 0. The van der Waals surface area contributed by atoms with Crippen molar-refractivity contribution in [2.75, 3.05) is 13.2 Å². The van der Waals surface area contributed by atoms with Crippen LogP contribution in [-0.4, -0.2) is 49.8 Å². The first kappa shape index (κ1) is 20.1. The molecule has 0 aromatic heterocycles. The lowest BCUT2D eigenvalue weighted by atomic mass is 10.2. The Morgan fingerprint density at radius 3 is 1.00 bits per heavy atom. The first-order valence-corrected chi connectivity index (χ1v) is 4.80. The lowest BCUT2D eigenvalue weighted by Gasteiger charge is -2.25. The molecule has 0 aliphatic carbocycles. The number of alkyl halides is 12. The zero-order valence-electron chi connectivity index (χ0n) is 9.51. The molecule has 1 nitrogen and oxygen atoms in total. The quantitative estimate of drug-likeness (QED) is 0.659. The van der Waals surface area contributed by atoms with Crippen molar-refractivity contribution in [3.8, 4) is 0 Å². The molecular weight excluding hydrogens is 340 g/mol. The highest BCUT2D eigenvalue weighted by molar-refractivity contribution is 4.86. The van der Waals surface area contributed by atoms with E-state index < -0.39 is 49.8 Å². The summed E-state index contributed by atoms with van der Waals surface area (Å²) in [5.41, 5.74) is 0. The minimum Gasteiger partial charge on any atom is -0.375 e. The van der Waals surface area contributed by atoms with Crippen LogP contribution in [0.2, 0.25) is 0 Å². The van der Waals surface area contributed by atoms with Gasteiger partial charge in [-0.2, -0.15) is 43.9 Å². The summed E-state index contributed by atoms with van der Waals surface area (Å²) in [6, 6.07) is 0. The molecule has 0 bridgehead atoms. The molecule has 0 fully saturated rings. The molecular formula is C8H6F12O. The molecule has 0 amide bonds. The zero-order chi connectivity index (χ0) is 17.3. The number of hydrogen-bond acceptors (Lipinski definition) is 1. The average Bonchev–Trinajstić information content (AvgIpc) is 2.25. The predicted octanol–water partition coefficient (Wildman–Crippen LogP) is 4.07. The van der Waals surface area contributed by atoms with Crippen LogP contribution in [-0.2, 0) is 4.74 Å². The fraction of sp³-hybridized carbons (Fsp3) is 1.00. The van der Waals surface area contributed by atoms with E-state index in [1.54, 1.807) is 0 Å². The largest absolute Gasteiger partial charge is 0.456 e. The van der Waals surface area contributed by atoms with Crippen LogP contribution in [0.25, 0.3) is 0 Å². The van der Waals surface area contributed by atoms with Crippen LogP contribution >= 0.6 is 0 Å². The lowest BCUT2D eigenvalue weighted by Crippen LogP contribution is -2.49. The van der Waals surface area contributed by atoms with Crippen LogP contribution in [0.5, 0.6) is 0 Å². The topological polar surface area (TPSA) is 9.23 Å². The molecule has 0 rings (SSSR count). The second-order valence-corrected chi connectivity index (χ2v) is 3.71. The molecule has 0 saturated heterocycles. The first-order chi connectivity index (χ1) is 9.05. The van der Waals surface area contributed by atoms with Gasteiger partial charge in [-0.15, -0.1) is 0 Å². The summed E-state index contributed by atoms with van der Waals surface area (Å²) in [5, 5.41) is 0. The van der Waals surface area contributed by atoms with Crippen LogP contribution in [0.15, 0.2) is 0 Å². The molecule has 0 aliphatic rings. The van der Waals surface area contributed by atoms with Crippen molar-refractivity contribution in [2.24, 2.45) is 0 Å². The van der Waals surface area contributed by atoms with E-state index in [0.717, 1.165) is 0 Å². The first-order valence-electron chi connectivity index (χ1n) is 4.80. The van der Waals surface area contributed by atoms with E-state index in [-0.39, 0.29) is 0 Å². The minimum atomic E-state index is -6.33. The van der Waals surface area contributed by atoms with Crippen LogP contribution in [0.3, 0.4) is 0 Å². The minimum absolute atomic E-state index is 2.22. The molecule has 0 heterocycles. The van der Waals surface area contributed by atoms with Crippen molar-refractivity contribution in [3.63, 3.8) is 0 Å².